The van der Waals surface area contributed by atoms with Gasteiger partial charge in [-0.3, -0.25) is 0 Å². The van der Waals surface area contributed by atoms with E-state index in [2.05, 4.69) is 15.0 Å². The van der Waals surface area contributed by atoms with Crippen LogP contribution < -0.4 is 17.2 Å². The first kappa shape index (κ1) is 16.6. The van der Waals surface area contributed by atoms with Gasteiger partial charge in [-0.05, 0) is 0 Å². The fourth-order valence-electron chi connectivity index (χ4n) is 0.427. The van der Waals surface area contributed by atoms with Crippen LogP contribution in [0.1, 0.15) is 0 Å². The van der Waals surface area contributed by atoms with Crippen LogP contribution in [0.4, 0.5) is 17.8 Å². The Balaban J connectivity index is 0. The first-order valence-electron chi connectivity index (χ1n) is 2.99. The monoisotopic (exact) mass is 288 g/mol. The summed E-state index contributed by atoms with van der Waals surface area (Å²) < 4.78 is 8.88. The Labute approximate surface area is 96.9 Å². The number of aromatic nitrogens is 3. The zero-order valence-corrected chi connectivity index (χ0v) is 11.3. The normalized spacial score (nSPS) is 9.53. The molecule has 0 aliphatic heterocycles. The number of anilines is 3. The molecule has 15 heavy (non-hydrogen) atoms. The predicted octanol–water partition coefficient (Wildman–Crippen LogP) is -2.31. The predicted molar refractivity (Wildman–Crippen MR) is 47.3 cm³/mol. The zero-order chi connectivity index (χ0) is 11.4. The molecular formula is C3H9N6O4PZn. The van der Waals surface area contributed by atoms with Gasteiger partial charge in [-0.2, -0.15) is 15.0 Å². The van der Waals surface area contributed by atoms with Crippen LogP contribution in [0.3, 0.4) is 0 Å². The number of phosphoric acid groups is 1. The quantitative estimate of drug-likeness (QED) is 0.223. The first-order chi connectivity index (χ1) is 6.18. The maximum absolute atomic E-state index is 8.88. The van der Waals surface area contributed by atoms with Crippen LogP contribution in [0, 0.1) is 0 Å². The Morgan fingerprint density at radius 2 is 1.00 bits per heavy atom. The number of hydrogen-bond acceptors (Lipinski definition) is 7. The van der Waals surface area contributed by atoms with Gasteiger partial charge in [0, 0.05) is 19.5 Å². The third kappa shape index (κ3) is 13.1. The molecule has 0 fully saturated rings. The van der Waals surface area contributed by atoms with Crippen LogP contribution in [0.2, 0.25) is 0 Å². The second kappa shape index (κ2) is 6.59. The molecule has 0 saturated heterocycles. The van der Waals surface area contributed by atoms with Gasteiger partial charge < -0.3 is 31.9 Å². The minimum Gasteiger partial charge on any atom is -0.368 e. The molecule has 12 heteroatoms. The van der Waals surface area contributed by atoms with E-state index in [9.17, 15) is 0 Å². The summed E-state index contributed by atoms with van der Waals surface area (Å²) in [4.78, 5) is 32.0. The van der Waals surface area contributed by atoms with Crippen molar-refractivity contribution in [2.75, 3.05) is 17.2 Å². The summed E-state index contributed by atoms with van der Waals surface area (Å²) in [6, 6.07) is 0. The first-order valence-corrected chi connectivity index (χ1v) is 4.56. The van der Waals surface area contributed by atoms with Gasteiger partial charge in [0.2, 0.25) is 17.8 Å². The van der Waals surface area contributed by atoms with Crippen LogP contribution in [0.25, 0.3) is 0 Å². The number of hydrogen-bond donors (Lipinski definition) is 6. The van der Waals surface area contributed by atoms with E-state index < -0.39 is 7.82 Å². The van der Waals surface area contributed by atoms with Gasteiger partial charge >= 0.3 is 7.82 Å². The summed E-state index contributed by atoms with van der Waals surface area (Å²) in [5.74, 6) is 0.125. The van der Waals surface area contributed by atoms with Crippen LogP contribution >= 0.6 is 7.82 Å². The average Bonchev–Trinajstić information content (AvgIpc) is 1.77. The number of nitrogens with zero attached hydrogens (tertiary/aromatic N) is 3. The van der Waals surface area contributed by atoms with Gasteiger partial charge in [0.25, 0.3) is 0 Å². The van der Waals surface area contributed by atoms with Crippen LogP contribution in [0.5, 0.6) is 0 Å². The van der Waals surface area contributed by atoms with Crippen molar-refractivity contribution in [3.63, 3.8) is 0 Å². The molecule has 0 radical (unpaired) electrons. The summed E-state index contributed by atoms with van der Waals surface area (Å²) >= 11 is 0. The van der Waals surface area contributed by atoms with E-state index >= 15 is 0 Å². The Kier molecular flexibility index (Phi) is 7.28. The van der Waals surface area contributed by atoms with Crippen molar-refractivity contribution in [2.45, 2.75) is 0 Å². The molecule has 9 N–H and O–H groups in total. The van der Waals surface area contributed by atoms with Crippen molar-refractivity contribution in [1.82, 2.24) is 15.0 Å². The van der Waals surface area contributed by atoms with Gasteiger partial charge in [-0.25, -0.2) is 4.57 Å². The molecule has 82 valence electrons. The molecule has 0 bridgehead atoms. The van der Waals surface area contributed by atoms with E-state index in [1.54, 1.807) is 0 Å². The molecule has 0 aliphatic carbocycles. The van der Waals surface area contributed by atoms with Crippen molar-refractivity contribution in [2.24, 2.45) is 0 Å². The molecule has 0 atom stereocenters. The van der Waals surface area contributed by atoms with Crippen molar-refractivity contribution >= 4 is 25.7 Å². The summed E-state index contributed by atoms with van der Waals surface area (Å²) in [5.41, 5.74) is 15.4. The molecule has 0 spiro atoms. The fourth-order valence-corrected chi connectivity index (χ4v) is 0.427. The third-order valence-corrected chi connectivity index (χ3v) is 0.687. The second-order valence-electron chi connectivity index (χ2n) is 1.92. The summed E-state index contributed by atoms with van der Waals surface area (Å²) in [6.07, 6.45) is 0. The number of rotatable bonds is 0. The Hall–Kier alpha value is -0.857. The van der Waals surface area contributed by atoms with Gasteiger partial charge in [0.15, 0.2) is 0 Å². The van der Waals surface area contributed by atoms with Crippen molar-refractivity contribution in [1.29, 1.82) is 0 Å². The molecule has 1 aromatic rings. The molecule has 0 aromatic carbocycles. The standard InChI is InChI=1S/C3H6N6.H3O4P.Zn/c4-1-7-2(5)9-3(6)8-1;1-5(2,3)4;/h(H6,4,5,6,7,8,9);(H3,1,2,3,4);. The maximum Gasteiger partial charge on any atom is 0.466 e. The van der Waals surface area contributed by atoms with Gasteiger partial charge in [0.1, 0.15) is 0 Å². The molecule has 1 aromatic heterocycles. The topological polar surface area (TPSA) is 194 Å². The van der Waals surface area contributed by atoms with Crippen molar-refractivity contribution in [3.05, 3.63) is 0 Å². The van der Waals surface area contributed by atoms with Crippen LogP contribution in [0.15, 0.2) is 0 Å². The maximum atomic E-state index is 8.88. The van der Waals surface area contributed by atoms with Gasteiger partial charge in [-0.1, -0.05) is 0 Å². The second-order valence-corrected chi connectivity index (χ2v) is 2.95. The van der Waals surface area contributed by atoms with Crippen LogP contribution in [-0.2, 0) is 24.0 Å². The smallest absolute Gasteiger partial charge is 0.368 e. The minimum absolute atomic E-state index is 0. The van der Waals surface area contributed by atoms with E-state index in [0.29, 0.717) is 0 Å². The van der Waals surface area contributed by atoms with E-state index in [-0.39, 0.29) is 37.3 Å². The van der Waals surface area contributed by atoms with Gasteiger partial charge in [0.05, 0.1) is 0 Å². The molecule has 0 unspecified atom stereocenters. The Morgan fingerprint density at radius 3 is 1.13 bits per heavy atom. The van der Waals surface area contributed by atoms with Crippen molar-refractivity contribution in [3.8, 4) is 0 Å². The molecule has 1 heterocycles. The Morgan fingerprint density at radius 1 is 0.867 bits per heavy atom. The number of nitrogen functional groups attached to an aromatic ring is 3. The fraction of sp³-hybridized carbons (Fsp3) is 0. The molecule has 0 aliphatic rings. The van der Waals surface area contributed by atoms with Crippen LogP contribution in [-0.4, -0.2) is 29.6 Å². The minimum atomic E-state index is -4.64. The Bertz CT molecular complexity index is 297. The SMILES string of the molecule is Nc1nc(N)nc(N)n1.O=P(O)(O)O.[Zn]. The van der Waals surface area contributed by atoms with E-state index in [4.69, 9.17) is 36.4 Å². The average molecular weight is 290 g/mol. The molecule has 0 amide bonds. The summed E-state index contributed by atoms with van der Waals surface area (Å²) in [7, 11) is -4.64. The molecule has 10 nitrogen and oxygen atoms in total. The zero-order valence-electron chi connectivity index (χ0n) is 7.48. The summed E-state index contributed by atoms with van der Waals surface area (Å²) in [5, 5.41) is 0. The molecule has 1 rings (SSSR count). The van der Waals surface area contributed by atoms with E-state index in [1.165, 1.54) is 0 Å². The molecule has 0 saturated carbocycles. The van der Waals surface area contributed by atoms with E-state index in [1.807, 2.05) is 0 Å². The summed E-state index contributed by atoms with van der Waals surface area (Å²) in [6.45, 7) is 0. The van der Waals surface area contributed by atoms with Crippen molar-refractivity contribution < 1.29 is 38.7 Å². The molecular weight excluding hydrogens is 280 g/mol. The van der Waals surface area contributed by atoms with Gasteiger partial charge in [-0.15, -0.1) is 0 Å². The number of nitrogens with two attached hydrogens (primary N) is 3. The largest absolute Gasteiger partial charge is 0.466 e. The van der Waals surface area contributed by atoms with E-state index in [0.717, 1.165) is 0 Å². The third-order valence-electron chi connectivity index (χ3n) is 0.687.